The van der Waals surface area contributed by atoms with Crippen molar-refractivity contribution in [3.8, 4) is 0 Å². The number of hydrogen-bond acceptors (Lipinski definition) is 2. The van der Waals surface area contributed by atoms with Crippen LogP contribution in [0.3, 0.4) is 0 Å². The number of nitrogens with one attached hydrogen (secondary N) is 1. The van der Waals surface area contributed by atoms with Crippen LogP contribution in [0.15, 0.2) is 24.3 Å². The van der Waals surface area contributed by atoms with Gasteiger partial charge in [0.15, 0.2) is 0 Å². The van der Waals surface area contributed by atoms with Crippen molar-refractivity contribution in [3.05, 3.63) is 29.8 Å². The highest BCUT2D eigenvalue weighted by atomic mass is 15.2. The van der Waals surface area contributed by atoms with Gasteiger partial charge in [0.1, 0.15) is 0 Å². The Balaban J connectivity index is 1.52. The zero-order chi connectivity index (χ0) is 12.9. The normalized spacial score (nSPS) is 20.9. The fourth-order valence-electron chi connectivity index (χ4n) is 3.47. The van der Waals surface area contributed by atoms with Gasteiger partial charge in [0, 0.05) is 31.9 Å². The molecule has 1 heterocycles. The van der Waals surface area contributed by atoms with Gasteiger partial charge in [-0.2, -0.15) is 0 Å². The summed E-state index contributed by atoms with van der Waals surface area (Å²) in [6.45, 7) is 4.51. The number of benzene rings is 1. The second-order valence-corrected chi connectivity index (χ2v) is 6.09. The lowest BCUT2D eigenvalue weighted by atomic mass is 9.98. The molecule has 1 saturated carbocycles. The van der Waals surface area contributed by atoms with E-state index in [1.165, 1.54) is 49.8 Å². The molecule has 2 heteroatoms. The zero-order valence-electron chi connectivity index (χ0n) is 11.9. The van der Waals surface area contributed by atoms with Crippen molar-refractivity contribution in [1.29, 1.82) is 0 Å². The topological polar surface area (TPSA) is 15.3 Å². The van der Waals surface area contributed by atoms with E-state index in [0.29, 0.717) is 0 Å². The van der Waals surface area contributed by atoms with Gasteiger partial charge in [-0.25, -0.2) is 0 Å². The molecule has 2 nitrogen and oxygen atoms in total. The Hall–Kier alpha value is -1.02. The van der Waals surface area contributed by atoms with Crippen molar-refractivity contribution >= 4 is 5.69 Å². The van der Waals surface area contributed by atoms with E-state index in [1.54, 1.807) is 0 Å². The van der Waals surface area contributed by atoms with E-state index in [2.05, 4.69) is 34.5 Å². The zero-order valence-corrected chi connectivity index (χ0v) is 11.9. The first-order valence-corrected chi connectivity index (χ1v) is 7.96. The van der Waals surface area contributed by atoms with Crippen LogP contribution in [-0.4, -0.2) is 26.2 Å². The molecular formula is C17H26N2. The minimum absolute atomic E-state index is 1.01. The summed E-state index contributed by atoms with van der Waals surface area (Å²) in [7, 11) is 0. The van der Waals surface area contributed by atoms with Crippen LogP contribution in [0.4, 0.5) is 5.69 Å². The maximum atomic E-state index is 3.41. The quantitative estimate of drug-likeness (QED) is 0.892. The first kappa shape index (κ1) is 13.0. The van der Waals surface area contributed by atoms with E-state index < -0.39 is 0 Å². The Labute approximate surface area is 117 Å². The van der Waals surface area contributed by atoms with Gasteiger partial charge in [-0.05, 0) is 36.5 Å². The summed E-state index contributed by atoms with van der Waals surface area (Å²) in [6.07, 6.45) is 8.54. The predicted octanol–water partition coefficient (Wildman–Crippen LogP) is 3.22. The second kappa shape index (κ2) is 6.42. The summed E-state index contributed by atoms with van der Waals surface area (Å²) >= 11 is 0. The third-order valence-corrected chi connectivity index (χ3v) is 4.73. The molecule has 0 bridgehead atoms. The maximum Gasteiger partial charge on any atom is 0.0367 e. The molecule has 0 aromatic heterocycles. The summed E-state index contributed by atoms with van der Waals surface area (Å²) in [6, 6.07) is 9.31. The fourth-order valence-corrected chi connectivity index (χ4v) is 3.47. The highest BCUT2D eigenvalue weighted by Gasteiger charge is 2.14. The second-order valence-electron chi connectivity index (χ2n) is 6.09. The lowest BCUT2D eigenvalue weighted by Gasteiger charge is -2.29. The summed E-state index contributed by atoms with van der Waals surface area (Å²) in [5, 5.41) is 3.41. The minimum Gasteiger partial charge on any atom is -0.369 e. The van der Waals surface area contributed by atoms with Crippen LogP contribution in [0, 0.1) is 5.92 Å². The average Bonchev–Trinajstić information content (AvgIpc) is 3.00. The molecule has 2 fully saturated rings. The molecule has 0 unspecified atom stereocenters. The molecule has 1 aromatic carbocycles. The number of aryl methyl sites for hydroxylation is 1. The Bertz CT molecular complexity index is 373. The van der Waals surface area contributed by atoms with Gasteiger partial charge in [-0.1, -0.05) is 37.8 Å². The van der Waals surface area contributed by atoms with Gasteiger partial charge in [-0.3, -0.25) is 0 Å². The molecule has 2 aliphatic rings. The van der Waals surface area contributed by atoms with E-state index in [0.717, 1.165) is 32.1 Å². The standard InChI is InChI=1S/C17H26N2/c1-2-4-15(3-1)5-6-16-7-9-17(10-8-16)19-13-11-18-12-14-19/h7-10,15,18H,1-6,11-14H2. The first-order valence-electron chi connectivity index (χ1n) is 7.96. The molecule has 1 aromatic rings. The predicted molar refractivity (Wildman–Crippen MR) is 81.8 cm³/mol. The number of rotatable bonds is 4. The molecule has 104 valence electrons. The highest BCUT2D eigenvalue weighted by molar-refractivity contribution is 5.48. The Morgan fingerprint density at radius 1 is 1.00 bits per heavy atom. The van der Waals surface area contributed by atoms with Crippen LogP contribution in [0.2, 0.25) is 0 Å². The third kappa shape index (κ3) is 3.50. The van der Waals surface area contributed by atoms with Crippen LogP contribution in [0.25, 0.3) is 0 Å². The van der Waals surface area contributed by atoms with Crippen molar-refractivity contribution in [3.63, 3.8) is 0 Å². The molecule has 0 spiro atoms. The summed E-state index contributed by atoms with van der Waals surface area (Å²) < 4.78 is 0. The Morgan fingerprint density at radius 3 is 2.37 bits per heavy atom. The van der Waals surface area contributed by atoms with E-state index >= 15 is 0 Å². The smallest absolute Gasteiger partial charge is 0.0367 e. The van der Waals surface area contributed by atoms with Crippen LogP contribution in [0.1, 0.15) is 37.7 Å². The average molecular weight is 258 g/mol. The van der Waals surface area contributed by atoms with Gasteiger partial charge in [0.2, 0.25) is 0 Å². The van der Waals surface area contributed by atoms with Crippen molar-refractivity contribution in [2.24, 2.45) is 5.92 Å². The van der Waals surface area contributed by atoms with Crippen LogP contribution >= 0.6 is 0 Å². The number of nitrogens with zero attached hydrogens (tertiary/aromatic N) is 1. The van der Waals surface area contributed by atoms with Gasteiger partial charge in [-0.15, -0.1) is 0 Å². The summed E-state index contributed by atoms with van der Waals surface area (Å²) in [5.41, 5.74) is 2.91. The number of anilines is 1. The van der Waals surface area contributed by atoms with E-state index in [4.69, 9.17) is 0 Å². The summed E-state index contributed by atoms with van der Waals surface area (Å²) in [5.74, 6) is 1.01. The van der Waals surface area contributed by atoms with Crippen LogP contribution in [-0.2, 0) is 6.42 Å². The van der Waals surface area contributed by atoms with E-state index in [-0.39, 0.29) is 0 Å². The minimum atomic E-state index is 1.01. The van der Waals surface area contributed by atoms with Gasteiger partial charge < -0.3 is 10.2 Å². The molecule has 3 rings (SSSR count). The monoisotopic (exact) mass is 258 g/mol. The molecule has 1 saturated heterocycles. The lowest BCUT2D eigenvalue weighted by molar-refractivity contribution is 0.504. The molecule has 19 heavy (non-hydrogen) atoms. The molecule has 0 radical (unpaired) electrons. The molecule has 0 atom stereocenters. The van der Waals surface area contributed by atoms with Crippen molar-refractivity contribution in [2.45, 2.75) is 38.5 Å². The molecule has 0 amide bonds. The largest absolute Gasteiger partial charge is 0.369 e. The molecule has 1 aliphatic carbocycles. The van der Waals surface area contributed by atoms with Gasteiger partial charge >= 0.3 is 0 Å². The Morgan fingerprint density at radius 2 is 1.68 bits per heavy atom. The van der Waals surface area contributed by atoms with E-state index in [1.807, 2.05) is 0 Å². The van der Waals surface area contributed by atoms with Crippen molar-refractivity contribution < 1.29 is 0 Å². The maximum absolute atomic E-state index is 3.41. The van der Waals surface area contributed by atoms with E-state index in [9.17, 15) is 0 Å². The first-order chi connectivity index (χ1) is 9.42. The SMILES string of the molecule is c1cc(N2CCNCC2)ccc1CCC1CCCC1. The summed E-state index contributed by atoms with van der Waals surface area (Å²) in [4.78, 5) is 2.48. The molecular weight excluding hydrogens is 232 g/mol. The number of hydrogen-bond donors (Lipinski definition) is 1. The van der Waals surface area contributed by atoms with Crippen LogP contribution < -0.4 is 10.2 Å². The molecule has 1 N–H and O–H groups in total. The third-order valence-electron chi connectivity index (χ3n) is 4.73. The number of piperazine rings is 1. The molecule has 1 aliphatic heterocycles. The lowest BCUT2D eigenvalue weighted by Crippen LogP contribution is -2.43. The Kier molecular flexibility index (Phi) is 4.39. The van der Waals surface area contributed by atoms with Crippen LogP contribution in [0.5, 0.6) is 0 Å². The van der Waals surface area contributed by atoms with Gasteiger partial charge in [0.05, 0.1) is 0 Å². The highest BCUT2D eigenvalue weighted by Crippen LogP contribution is 2.29. The van der Waals surface area contributed by atoms with Gasteiger partial charge in [0.25, 0.3) is 0 Å². The van der Waals surface area contributed by atoms with Crippen molar-refractivity contribution in [1.82, 2.24) is 5.32 Å². The van der Waals surface area contributed by atoms with Crippen molar-refractivity contribution in [2.75, 3.05) is 31.1 Å². The fraction of sp³-hybridized carbons (Fsp3) is 0.647.